The molecule has 2 fully saturated rings. The van der Waals surface area contributed by atoms with E-state index in [-0.39, 0.29) is 17.2 Å². The fraction of sp³-hybridized carbons (Fsp3) is 1.00. The number of nitrogens with zero attached hydrogens (tertiary/aromatic N) is 1. The van der Waals surface area contributed by atoms with Gasteiger partial charge in [0, 0.05) is 19.1 Å². The van der Waals surface area contributed by atoms with Crippen molar-refractivity contribution in [2.45, 2.75) is 46.1 Å². The summed E-state index contributed by atoms with van der Waals surface area (Å²) in [5.41, 5.74) is 5.80. The number of rotatable bonds is 2. The molecule has 0 aromatic heterocycles. The topological polar surface area (TPSA) is 63.4 Å². The Balaban J connectivity index is 2.04. The molecule has 1 aliphatic heterocycles. The van der Waals surface area contributed by atoms with E-state index in [9.17, 15) is 8.42 Å². The summed E-state index contributed by atoms with van der Waals surface area (Å²) in [7, 11) is -3.10. The maximum Gasteiger partial charge on any atom is 0.214 e. The Morgan fingerprint density at radius 3 is 2.39 bits per heavy atom. The van der Waals surface area contributed by atoms with Gasteiger partial charge in [0.05, 0.1) is 5.75 Å². The lowest BCUT2D eigenvalue weighted by Gasteiger charge is -2.28. The maximum absolute atomic E-state index is 12.4. The third-order valence-electron chi connectivity index (χ3n) is 4.07. The Morgan fingerprint density at radius 1 is 1.17 bits per heavy atom. The predicted octanol–water partition coefficient (Wildman–Crippen LogP) is 1.42. The first kappa shape index (κ1) is 14.3. The lowest BCUT2D eigenvalue weighted by Crippen LogP contribution is -2.35. The first-order valence-corrected chi connectivity index (χ1v) is 8.52. The molecule has 1 aliphatic carbocycles. The largest absolute Gasteiger partial charge is 0.328 e. The number of hydrogen-bond acceptors (Lipinski definition) is 3. The molecule has 106 valence electrons. The second-order valence-corrected chi connectivity index (χ2v) is 9.20. The van der Waals surface area contributed by atoms with Gasteiger partial charge in [0.25, 0.3) is 0 Å². The fourth-order valence-electron chi connectivity index (χ4n) is 3.29. The summed E-state index contributed by atoms with van der Waals surface area (Å²) in [4.78, 5) is 0. The van der Waals surface area contributed by atoms with Crippen LogP contribution in [0.4, 0.5) is 0 Å². The molecular weight excluding hydrogens is 248 g/mol. The van der Waals surface area contributed by atoms with E-state index in [4.69, 9.17) is 5.73 Å². The Morgan fingerprint density at radius 2 is 1.78 bits per heavy atom. The van der Waals surface area contributed by atoms with Crippen molar-refractivity contribution in [3.63, 3.8) is 0 Å². The van der Waals surface area contributed by atoms with Gasteiger partial charge in [-0.1, -0.05) is 20.8 Å². The first-order valence-electron chi connectivity index (χ1n) is 6.91. The lowest BCUT2D eigenvalue weighted by atomic mass is 9.79. The minimum Gasteiger partial charge on any atom is -0.328 e. The molecule has 4 nitrogen and oxygen atoms in total. The summed E-state index contributed by atoms with van der Waals surface area (Å²) in [6.45, 7) is 7.34. The van der Waals surface area contributed by atoms with Crippen LogP contribution in [0.1, 0.15) is 40.0 Å². The molecule has 0 bridgehead atoms. The van der Waals surface area contributed by atoms with Gasteiger partial charge in [-0.15, -0.1) is 0 Å². The van der Waals surface area contributed by atoms with Crippen molar-refractivity contribution < 1.29 is 8.42 Å². The van der Waals surface area contributed by atoms with Crippen molar-refractivity contribution in [2.75, 3.05) is 18.8 Å². The molecule has 1 heterocycles. The number of sulfonamides is 1. The first-order chi connectivity index (χ1) is 8.17. The highest BCUT2D eigenvalue weighted by atomic mass is 32.2. The molecule has 1 saturated heterocycles. The van der Waals surface area contributed by atoms with Crippen molar-refractivity contribution in [3.05, 3.63) is 0 Å². The van der Waals surface area contributed by atoms with Crippen molar-refractivity contribution in [2.24, 2.45) is 23.0 Å². The predicted molar refractivity (Wildman–Crippen MR) is 73.6 cm³/mol. The Hall–Kier alpha value is -0.130. The van der Waals surface area contributed by atoms with Crippen LogP contribution in [0.5, 0.6) is 0 Å². The molecule has 5 heteroatoms. The maximum atomic E-state index is 12.4. The van der Waals surface area contributed by atoms with Crippen LogP contribution in [-0.2, 0) is 10.0 Å². The molecule has 0 spiro atoms. The monoisotopic (exact) mass is 274 g/mol. The summed E-state index contributed by atoms with van der Waals surface area (Å²) < 4.78 is 26.4. The molecular formula is C13H26N2O2S. The van der Waals surface area contributed by atoms with Crippen molar-refractivity contribution >= 4 is 10.0 Å². The summed E-state index contributed by atoms with van der Waals surface area (Å²) >= 11 is 0. The molecule has 0 amide bonds. The summed E-state index contributed by atoms with van der Waals surface area (Å²) in [6, 6.07) is 0.275. The van der Waals surface area contributed by atoms with Crippen LogP contribution in [0.25, 0.3) is 0 Å². The van der Waals surface area contributed by atoms with Crippen LogP contribution in [0.15, 0.2) is 0 Å². The Bertz CT molecular complexity index is 400. The standard InChI is InChI=1S/C13H26N2O2S/c1-13(2,3)9-18(16,17)15-7-10-4-5-12(14)6-11(10)8-15/h10-12H,4-9,14H2,1-3H3/t10-,11+,12?/m1/s1. The molecule has 0 aromatic carbocycles. The van der Waals surface area contributed by atoms with Crippen LogP contribution >= 0.6 is 0 Å². The third-order valence-corrected chi connectivity index (χ3v) is 6.38. The molecule has 18 heavy (non-hydrogen) atoms. The molecule has 3 atom stereocenters. The van der Waals surface area contributed by atoms with Crippen LogP contribution in [0, 0.1) is 17.3 Å². The smallest absolute Gasteiger partial charge is 0.214 e. The molecule has 2 aliphatic rings. The summed E-state index contributed by atoms with van der Waals surface area (Å²) in [6.07, 6.45) is 3.13. The minimum atomic E-state index is -3.10. The minimum absolute atomic E-state index is 0.178. The van der Waals surface area contributed by atoms with Gasteiger partial charge in [-0.3, -0.25) is 0 Å². The second-order valence-electron chi connectivity index (χ2n) is 7.23. The zero-order valence-corrected chi connectivity index (χ0v) is 12.5. The van der Waals surface area contributed by atoms with Crippen LogP contribution < -0.4 is 5.73 Å². The summed E-state index contributed by atoms with van der Waals surface area (Å²) in [5, 5.41) is 0. The van der Waals surface area contributed by atoms with Gasteiger partial charge in [-0.25, -0.2) is 12.7 Å². The fourth-order valence-corrected chi connectivity index (χ4v) is 5.40. The van der Waals surface area contributed by atoms with E-state index >= 15 is 0 Å². The van der Waals surface area contributed by atoms with Crippen LogP contribution in [-0.4, -0.2) is 37.6 Å². The van der Waals surface area contributed by atoms with Gasteiger partial charge in [0.1, 0.15) is 0 Å². The van der Waals surface area contributed by atoms with Crippen LogP contribution in [0.3, 0.4) is 0 Å². The SMILES string of the molecule is CC(C)(C)CS(=O)(=O)N1C[C@H]2CCC(N)C[C@H]2C1. The number of nitrogens with two attached hydrogens (primary N) is 1. The van der Waals surface area contributed by atoms with Gasteiger partial charge in [-0.2, -0.15) is 0 Å². The van der Waals surface area contributed by atoms with Gasteiger partial charge >= 0.3 is 0 Å². The zero-order valence-electron chi connectivity index (χ0n) is 11.7. The summed E-state index contributed by atoms with van der Waals surface area (Å²) in [5.74, 6) is 1.27. The van der Waals surface area contributed by atoms with E-state index in [1.54, 1.807) is 4.31 Å². The molecule has 2 N–H and O–H groups in total. The number of hydrogen-bond donors (Lipinski definition) is 1. The van der Waals surface area contributed by atoms with E-state index in [1.165, 1.54) is 0 Å². The molecule has 0 radical (unpaired) electrons. The van der Waals surface area contributed by atoms with E-state index in [0.29, 0.717) is 18.4 Å². The average molecular weight is 274 g/mol. The zero-order chi connectivity index (χ0) is 13.6. The van der Waals surface area contributed by atoms with Gasteiger partial charge in [0.2, 0.25) is 10.0 Å². The average Bonchev–Trinajstić information content (AvgIpc) is 2.57. The van der Waals surface area contributed by atoms with Gasteiger partial charge < -0.3 is 5.73 Å². The Labute approximate surface area is 111 Å². The van der Waals surface area contributed by atoms with E-state index in [1.807, 2.05) is 20.8 Å². The van der Waals surface area contributed by atoms with E-state index < -0.39 is 10.0 Å². The number of fused-ring (bicyclic) bond motifs is 1. The van der Waals surface area contributed by atoms with Gasteiger partial charge in [0.15, 0.2) is 0 Å². The molecule has 1 unspecified atom stereocenters. The highest BCUT2D eigenvalue weighted by molar-refractivity contribution is 7.89. The molecule has 0 aromatic rings. The second kappa shape index (κ2) is 4.76. The molecule has 2 rings (SSSR count). The molecule has 1 saturated carbocycles. The van der Waals surface area contributed by atoms with Gasteiger partial charge in [-0.05, 0) is 36.5 Å². The quantitative estimate of drug-likeness (QED) is 0.828. The van der Waals surface area contributed by atoms with Crippen LogP contribution in [0.2, 0.25) is 0 Å². The lowest BCUT2D eigenvalue weighted by molar-refractivity contribution is 0.271. The van der Waals surface area contributed by atoms with Crippen molar-refractivity contribution in [1.29, 1.82) is 0 Å². The third kappa shape index (κ3) is 3.25. The van der Waals surface area contributed by atoms with E-state index in [0.717, 1.165) is 25.8 Å². The normalized spacial score (nSPS) is 34.6. The Kier molecular flexibility index (Phi) is 3.78. The van der Waals surface area contributed by atoms with E-state index in [2.05, 4.69) is 0 Å². The van der Waals surface area contributed by atoms with Crippen molar-refractivity contribution in [1.82, 2.24) is 4.31 Å². The van der Waals surface area contributed by atoms with Crippen molar-refractivity contribution in [3.8, 4) is 0 Å². The highest BCUT2D eigenvalue weighted by Gasteiger charge is 2.41. The highest BCUT2D eigenvalue weighted by Crippen LogP contribution is 2.37.